The maximum atomic E-state index is 14.9. The predicted molar refractivity (Wildman–Crippen MR) is 234 cm³/mol. The fraction of sp³-hybridized carbons (Fsp3) is 0.426. The van der Waals surface area contributed by atoms with E-state index in [1.54, 1.807) is 39.8 Å². The predicted octanol–water partition coefficient (Wildman–Crippen LogP) is 9.97. The third-order valence-corrected chi connectivity index (χ3v) is 12.1. The van der Waals surface area contributed by atoms with Gasteiger partial charge in [0.05, 0.1) is 35.0 Å². The summed E-state index contributed by atoms with van der Waals surface area (Å²) in [5.41, 5.74) is 0.580. The number of hydrogen-bond donors (Lipinski definition) is 1. The molecule has 1 fully saturated rings. The molecule has 0 spiro atoms. The lowest BCUT2D eigenvalue weighted by molar-refractivity contribution is -0.144. The van der Waals surface area contributed by atoms with Gasteiger partial charge in [-0.3, -0.25) is 19.8 Å². The number of piperidine rings is 1. The first-order chi connectivity index (χ1) is 29.5. The van der Waals surface area contributed by atoms with Crippen molar-refractivity contribution in [3.05, 3.63) is 101 Å². The van der Waals surface area contributed by atoms with Crippen molar-refractivity contribution in [2.75, 3.05) is 43.0 Å². The van der Waals surface area contributed by atoms with Gasteiger partial charge in [-0.05, 0) is 145 Å². The van der Waals surface area contributed by atoms with Crippen LogP contribution in [0.4, 0.5) is 24.1 Å². The van der Waals surface area contributed by atoms with Crippen LogP contribution in [0.1, 0.15) is 97.8 Å². The average Bonchev–Trinajstić information content (AvgIpc) is 3.64. The zero-order chi connectivity index (χ0) is 44.2. The summed E-state index contributed by atoms with van der Waals surface area (Å²) >= 11 is 1.38. The molecule has 328 valence electrons. The molecule has 1 atom stereocenters. The normalized spacial score (nSPS) is 15.5. The van der Waals surface area contributed by atoms with Crippen molar-refractivity contribution in [1.29, 1.82) is 0 Å². The SMILES string of the molecule is CCOC(=O)CN1CCC(CC[C@@H](C)Oc2ccc(-c3ccc(N4CCc5cccc(C(=O)Nc6nc7ccccc7s6)c5C4)nc3C(=O)OC(C)(C)C)c(C(F)(F)F)c2)CC1. The minimum absolute atomic E-state index is 0.0301. The molecule has 0 radical (unpaired) electrons. The number of anilines is 2. The number of nitrogens with zero attached hydrogens (tertiary/aromatic N) is 4. The number of carbonyl (C=O) groups is 3. The average molecular weight is 872 g/mol. The molecule has 3 aromatic carbocycles. The molecule has 2 aliphatic rings. The number of pyridine rings is 1. The Morgan fingerprint density at radius 2 is 1.69 bits per heavy atom. The van der Waals surface area contributed by atoms with E-state index < -0.39 is 23.3 Å². The molecule has 1 amide bonds. The highest BCUT2D eigenvalue weighted by Crippen LogP contribution is 2.41. The molecular formula is C47H52F3N5O6S. The summed E-state index contributed by atoms with van der Waals surface area (Å²) in [6, 6.07) is 20.1. The Labute approximate surface area is 363 Å². The summed E-state index contributed by atoms with van der Waals surface area (Å²) in [6.07, 6.45) is -1.25. The van der Waals surface area contributed by atoms with E-state index in [4.69, 9.17) is 19.2 Å². The number of alkyl halides is 3. The van der Waals surface area contributed by atoms with Gasteiger partial charge in [-0.2, -0.15) is 13.2 Å². The largest absolute Gasteiger partial charge is 0.491 e. The summed E-state index contributed by atoms with van der Waals surface area (Å²) in [4.78, 5) is 52.6. The van der Waals surface area contributed by atoms with E-state index in [1.807, 2.05) is 48.2 Å². The number of fused-ring (bicyclic) bond motifs is 2. The Morgan fingerprint density at radius 1 is 0.935 bits per heavy atom. The van der Waals surface area contributed by atoms with Crippen molar-refractivity contribution >= 4 is 50.3 Å². The first-order valence-electron chi connectivity index (χ1n) is 21.1. The number of rotatable bonds is 13. The van der Waals surface area contributed by atoms with Crippen LogP contribution >= 0.6 is 11.3 Å². The molecule has 1 saturated heterocycles. The van der Waals surface area contributed by atoms with Crippen LogP contribution in [0.25, 0.3) is 21.3 Å². The fourth-order valence-electron chi connectivity index (χ4n) is 8.05. The van der Waals surface area contributed by atoms with Crippen molar-refractivity contribution < 1.29 is 41.8 Å². The number of carbonyl (C=O) groups excluding carboxylic acids is 3. The molecule has 1 N–H and O–H groups in total. The number of nitrogens with one attached hydrogen (secondary N) is 1. The topological polar surface area (TPSA) is 123 Å². The van der Waals surface area contributed by atoms with Gasteiger partial charge in [0.1, 0.15) is 17.2 Å². The van der Waals surface area contributed by atoms with Crippen LogP contribution in [0.5, 0.6) is 5.75 Å². The summed E-state index contributed by atoms with van der Waals surface area (Å²) in [7, 11) is 0. The summed E-state index contributed by atoms with van der Waals surface area (Å²) in [6.45, 7) is 11.6. The lowest BCUT2D eigenvalue weighted by Gasteiger charge is -2.31. The molecule has 5 aromatic rings. The van der Waals surface area contributed by atoms with E-state index >= 15 is 0 Å². The van der Waals surface area contributed by atoms with Crippen molar-refractivity contribution in [3.8, 4) is 16.9 Å². The molecule has 2 aliphatic heterocycles. The molecule has 15 heteroatoms. The first kappa shape index (κ1) is 44.5. The van der Waals surface area contributed by atoms with Crippen molar-refractivity contribution in [2.24, 2.45) is 5.92 Å². The number of para-hydroxylation sites is 1. The van der Waals surface area contributed by atoms with E-state index in [9.17, 15) is 27.6 Å². The second-order valence-electron chi connectivity index (χ2n) is 16.9. The van der Waals surface area contributed by atoms with Crippen LogP contribution in [0.2, 0.25) is 0 Å². The van der Waals surface area contributed by atoms with Gasteiger partial charge in [-0.25, -0.2) is 14.8 Å². The smallest absolute Gasteiger partial charge is 0.417 e. The van der Waals surface area contributed by atoms with Crippen LogP contribution in [-0.2, 0) is 33.4 Å². The molecule has 0 bridgehead atoms. The van der Waals surface area contributed by atoms with Gasteiger partial charge >= 0.3 is 18.1 Å². The number of likely N-dealkylation sites (tertiary alicyclic amines) is 1. The van der Waals surface area contributed by atoms with Gasteiger partial charge in [-0.1, -0.05) is 41.7 Å². The van der Waals surface area contributed by atoms with E-state index in [0.717, 1.165) is 59.8 Å². The number of ether oxygens (including phenoxy) is 3. The fourth-order valence-corrected chi connectivity index (χ4v) is 8.91. The maximum Gasteiger partial charge on any atom is 0.417 e. The van der Waals surface area contributed by atoms with Crippen molar-refractivity contribution in [1.82, 2.24) is 14.9 Å². The van der Waals surface area contributed by atoms with Gasteiger partial charge in [0, 0.05) is 24.2 Å². The van der Waals surface area contributed by atoms with Gasteiger partial charge in [0.2, 0.25) is 0 Å². The number of esters is 2. The molecule has 0 saturated carbocycles. The molecule has 4 heterocycles. The van der Waals surface area contributed by atoms with E-state index in [2.05, 4.69) is 15.2 Å². The Morgan fingerprint density at radius 3 is 2.42 bits per heavy atom. The monoisotopic (exact) mass is 871 g/mol. The van der Waals surface area contributed by atoms with Crippen molar-refractivity contribution in [3.63, 3.8) is 0 Å². The lowest BCUT2D eigenvalue weighted by atomic mass is 9.91. The number of benzene rings is 3. The summed E-state index contributed by atoms with van der Waals surface area (Å²) in [5.74, 6) is -0.561. The number of halogens is 3. The molecule has 11 nitrogen and oxygen atoms in total. The van der Waals surface area contributed by atoms with E-state index in [1.165, 1.54) is 29.5 Å². The van der Waals surface area contributed by atoms with Gasteiger partial charge < -0.3 is 19.1 Å². The molecule has 2 aromatic heterocycles. The standard InChI is InChI=1S/C47H52F3N5O6S/c1-6-59-41(56)28-54-23-20-30(21-24-54)15-14-29(2)60-32-16-17-33(37(26-32)47(48,49)50)34-18-19-40(52-42(34)44(58)61-46(3,4)5)55-25-22-31-10-9-11-35(36(31)27-55)43(57)53-45-51-38-12-7-8-13-39(38)62-45/h7-13,16-19,26,29-30H,6,14-15,20-25,27-28H2,1-5H3,(H,51,53,57)/t29-/m1/s1. The molecule has 7 rings (SSSR count). The Balaban J connectivity index is 1.10. The highest BCUT2D eigenvalue weighted by molar-refractivity contribution is 7.22. The minimum atomic E-state index is -4.79. The second-order valence-corrected chi connectivity index (χ2v) is 17.9. The second kappa shape index (κ2) is 18.8. The first-order valence-corrected chi connectivity index (χ1v) is 21.9. The van der Waals surface area contributed by atoms with Gasteiger partial charge in [0.15, 0.2) is 10.8 Å². The molecular weight excluding hydrogens is 820 g/mol. The zero-order valence-corrected chi connectivity index (χ0v) is 36.5. The minimum Gasteiger partial charge on any atom is -0.491 e. The third-order valence-electron chi connectivity index (χ3n) is 11.1. The van der Waals surface area contributed by atoms with Crippen LogP contribution in [0.3, 0.4) is 0 Å². The highest BCUT2D eigenvalue weighted by atomic mass is 32.1. The number of aromatic nitrogens is 2. The van der Waals surface area contributed by atoms with Gasteiger partial charge in [0.25, 0.3) is 5.91 Å². The Bertz CT molecular complexity index is 2390. The Kier molecular flexibility index (Phi) is 13.5. The van der Waals surface area contributed by atoms with Gasteiger partial charge in [-0.15, -0.1) is 0 Å². The van der Waals surface area contributed by atoms with E-state index in [-0.39, 0.29) is 53.6 Å². The molecule has 0 unspecified atom stereocenters. The zero-order valence-electron chi connectivity index (χ0n) is 35.6. The lowest BCUT2D eigenvalue weighted by Crippen LogP contribution is -2.38. The summed E-state index contributed by atoms with van der Waals surface area (Å²) < 4.78 is 62.6. The van der Waals surface area contributed by atoms with Crippen molar-refractivity contribution in [2.45, 2.75) is 91.1 Å². The highest BCUT2D eigenvalue weighted by Gasteiger charge is 2.37. The Hall–Kier alpha value is -5.54. The van der Waals surface area contributed by atoms with Crippen LogP contribution in [-0.4, -0.2) is 77.2 Å². The number of amides is 1. The third kappa shape index (κ3) is 10.9. The van der Waals surface area contributed by atoms with Crippen LogP contribution in [0.15, 0.2) is 72.8 Å². The van der Waals surface area contributed by atoms with E-state index in [0.29, 0.717) is 48.4 Å². The number of thiazole rings is 1. The summed E-state index contributed by atoms with van der Waals surface area (Å²) in [5, 5.41) is 3.42. The van der Waals surface area contributed by atoms with Crippen LogP contribution in [0, 0.1) is 5.92 Å². The molecule has 0 aliphatic carbocycles. The number of hydrogen-bond acceptors (Lipinski definition) is 11. The maximum absolute atomic E-state index is 14.9. The molecule has 62 heavy (non-hydrogen) atoms. The van der Waals surface area contributed by atoms with Crippen LogP contribution < -0.4 is 15.0 Å². The quantitative estimate of drug-likeness (QED) is 0.114.